The van der Waals surface area contributed by atoms with Gasteiger partial charge in [0.2, 0.25) is 17.7 Å². The Morgan fingerprint density at radius 1 is 1.13 bits per heavy atom. The number of nitrogens with one attached hydrogen (secondary N) is 2. The van der Waals surface area contributed by atoms with E-state index in [2.05, 4.69) is 15.6 Å². The molecular weight excluding hydrogens is 610 g/mol. The summed E-state index contributed by atoms with van der Waals surface area (Å²) < 4.78 is 6.10. The van der Waals surface area contributed by atoms with Gasteiger partial charge in [0.05, 0.1) is 23.7 Å². The molecule has 0 aromatic carbocycles. The molecule has 1 unspecified atom stereocenters. The maximum absolute atomic E-state index is 14.4. The van der Waals surface area contributed by atoms with Crippen molar-refractivity contribution in [3.05, 3.63) is 23.4 Å². The Morgan fingerprint density at radius 3 is 2.41 bits per heavy atom. The van der Waals surface area contributed by atoms with Gasteiger partial charge < -0.3 is 31.1 Å². The highest BCUT2D eigenvalue weighted by atomic mass is 35.5. The third-order valence-corrected chi connectivity index (χ3v) is 9.84. The smallest absolute Gasteiger partial charge is 0.251 e. The molecule has 2 aliphatic carbocycles. The molecule has 11 nitrogen and oxygen atoms in total. The molecule has 6 atom stereocenters. The first kappa shape index (κ1) is 36.1. The van der Waals surface area contributed by atoms with E-state index in [1.165, 1.54) is 11.1 Å². The number of nitrogens with two attached hydrogens (primary N) is 1. The molecule has 0 bridgehead atoms. The second-order valence-corrected chi connectivity index (χ2v) is 14.9. The summed E-state index contributed by atoms with van der Waals surface area (Å²) in [6.45, 7) is 7.75. The van der Waals surface area contributed by atoms with Gasteiger partial charge in [-0.15, -0.1) is 0 Å². The molecule has 4 rings (SSSR count). The Kier molecular flexibility index (Phi) is 12.5. The van der Waals surface area contributed by atoms with Crippen LogP contribution in [0, 0.1) is 17.3 Å². The lowest BCUT2D eigenvalue weighted by atomic mass is 9.74. The summed E-state index contributed by atoms with van der Waals surface area (Å²) in [6, 6.07) is 0.921. The number of carbonyl (C=O) groups excluding carboxylic acids is 4. The van der Waals surface area contributed by atoms with E-state index in [9.17, 15) is 24.3 Å². The molecular formula is C34H52ClN5O6. The summed E-state index contributed by atoms with van der Waals surface area (Å²) in [6.07, 6.45) is 7.42. The van der Waals surface area contributed by atoms with Crippen LogP contribution < -0.4 is 21.1 Å². The molecule has 3 aliphatic rings. The summed E-state index contributed by atoms with van der Waals surface area (Å²) in [7, 11) is 0. The number of amides is 3. The van der Waals surface area contributed by atoms with Crippen LogP contribution in [0.15, 0.2) is 18.3 Å². The first-order valence-corrected chi connectivity index (χ1v) is 17.3. The minimum absolute atomic E-state index is 0.0202. The van der Waals surface area contributed by atoms with Crippen molar-refractivity contribution in [2.75, 3.05) is 6.54 Å². The van der Waals surface area contributed by atoms with Gasteiger partial charge in [-0.25, -0.2) is 4.98 Å². The zero-order chi connectivity index (χ0) is 33.6. The molecule has 1 aliphatic heterocycles. The highest BCUT2D eigenvalue weighted by Crippen LogP contribution is 2.36. The van der Waals surface area contributed by atoms with Gasteiger partial charge in [0, 0.05) is 37.1 Å². The maximum atomic E-state index is 14.4. The number of Topliss-reactive ketones (excluding diaryl/α,β-unsaturated/α-hetero) is 1. The summed E-state index contributed by atoms with van der Waals surface area (Å²) in [5.41, 5.74) is 5.87. The third kappa shape index (κ3) is 9.64. The van der Waals surface area contributed by atoms with Gasteiger partial charge in [-0.05, 0) is 49.5 Å². The number of likely N-dealkylation sites (tertiary alicyclic amines) is 1. The number of aliphatic hydroxyl groups excluding tert-OH is 1. The first-order chi connectivity index (χ1) is 21.8. The van der Waals surface area contributed by atoms with Gasteiger partial charge in [-0.2, -0.15) is 0 Å². The predicted octanol–water partition coefficient (Wildman–Crippen LogP) is 3.54. The molecule has 1 aromatic rings. The van der Waals surface area contributed by atoms with Gasteiger partial charge in [0.15, 0.2) is 11.9 Å². The fourth-order valence-corrected chi connectivity index (χ4v) is 6.74. The Balaban J connectivity index is 1.55. The second-order valence-electron chi connectivity index (χ2n) is 14.4. The number of aromatic nitrogens is 1. The molecule has 1 saturated heterocycles. The van der Waals surface area contributed by atoms with Crippen LogP contribution in [0.1, 0.15) is 98.3 Å². The molecule has 12 heteroatoms. The van der Waals surface area contributed by atoms with Gasteiger partial charge in [-0.3, -0.25) is 19.2 Å². The van der Waals surface area contributed by atoms with E-state index in [-0.39, 0.29) is 43.0 Å². The van der Waals surface area contributed by atoms with Crippen LogP contribution in [-0.4, -0.2) is 81.4 Å². The molecule has 3 amide bonds. The van der Waals surface area contributed by atoms with Crippen LogP contribution in [0.5, 0.6) is 5.88 Å². The van der Waals surface area contributed by atoms with Crippen LogP contribution in [0.25, 0.3) is 0 Å². The molecule has 256 valence electrons. The van der Waals surface area contributed by atoms with Crippen LogP contribution in [0.2, 0.25) is 5.02 Å². The van der Waals surface area contributed by atoms with Crippen molar-refractivity contribution in [1.82, 2.24) is 20.5 Å². The van der Waals surface area contributed by atoms with Crippen molar-refractivity contribution in [3.63, 3.8) is 0 Å². The lowest BCUT2D eigenvalue weighted by molar-refractivity contribution is -0.147. The number of hydrogen-bond donors (Lipinski definition) is 4. The van der Waals surface area contributed by atoms with Crippen molar-refractivity contribution in [1.29, 1.82) is 0 Å². The third-order valence-electron chi connectivity index (χ3n) is 9.62. The fourth-order valence-electron chi connectivity index (χ4n) is 6.63. The average Bonchev–Trinajstić information content (AvgIpc) is 3.74. The minimum atomic E-state index is -1.43. The Hall–Kier alpha value is -2.76. The van der Waals surface area contributed by atoms with Crippen molar-refractivity contribution < 1.29 is 29.0 Å². The van der Waals surface area contributed by atoms with Crippen LogP contribution in [0.3, 0.4) is 0 Å². The van der Waals surface area contributed by atoms with E-state index in [1.54, 1.807) is 12.1 Å². The number of aliphatic hydroxyl groups is 1. The molecule has 0 spiro atoms. The zero-order valence-electron chi connectivity index (χ0n) is 27.7. The topological polar surface area (TPSA) is 164 Å². The Labute approximate surface area is 277 Å². The first-order valence-electron chi connectivity index (χ1n) is 16.9. The number of hydrogen-bond acceptors (Lipinski definition) is 8. The van der Waals surface area contributed by atoms with Gasteiger partial charge in [-0.1, -0.05) is 65.0 Å². The van der Waals surface area contributed by atoms with E-state index in [0.717, 1.165) is 44.9 Å². The number of halogens is 1. The van der Waals surface area contributed by atoms with Crippen molar-refractivity contribution in [2.24, 2.45) is 23.0 Å². The molecule has 3 fully saturated rings. The normalized spacial score (nSPS) is 23.2. The van der Waals surface area contributed by atoms with E-state index < -0.39 is 53.5 Å². The van der Waals surface area contributed by atoms with E-state index in [1.807, 2.05) is 27.7 Å². The van der Waals surface area contributed by atoms with Crippen LogP contribution >= 0.6 is 11.6 Å². The van der Waals surface area contributed by atoms with E-state index >= 15 is 0 Å². The Morgan fingerprint density at radius 2 is 1.83 bits per heavy atom. The lowest BCUT2D eigenvalue weighted by Crippen LogP contribution is -2.56. The summed E-state index contributed by atoms with van der Waals surface area (Å²) in [4.78, 5) is 60.3. The summed E-state index contributed by atoms with van der Waals surface area (Å²) >= 11 is 5.99. The van der Waals surface area contributed by atoms with Gasteiger partial charge in [0.25, 0.3) is 5.91 Å². The number of carbonyl (C=O) groups is 4. The summed E-state index contributed by atoms with van der Waals surface area (Å²) in [5, 5.41) is 17.0. The maximum Gasteiger partial charge on any atom is 0.251 e. The molecule has 46 heavy (non-hydrogen) atoms. The standard InChI is InChI=1S/C34H52ClN5O6/c1-5-9-25(30(42)32(44)38-22-13-14-22)39-31(43)26-16-23(46-28-15-12-21(35)18-37-28)19-40(26)33(45)24(34(2,3)4)17-27(41)29(36)20-10-7-6-8-11-20/h12,15,18,20,22-26,29-30,42H,5-11,13-14,16-17,19,36H2,1-4H3,(H,38,44)(H,39,43)/t23-,24-,25+,26+,29+,30?/m1/s1. The molecule has 0 radical (unpaired) electrons. The highest BCUT2D eigenvalue weighted by Gasteiger charge is 2.47. The van der Waals surface area contributed by atoms with Crippen molar-refractivity contribution in [2.45, 2.75) is 135 Å². The quantitative estimate of drug-likeness (QED) is 0.235. The van der Waals surface area contributed by atoms with E-state index in [4.69, 9.17) is 22.1 Å². The second kappa shape index (κ2) is 15.9. The Bertz CT molecular complexity index is 1210. The molecule has 2 saturated carbocycles. The van der Waals surface area contributed by atoms with Gasteiger partial charge in [0.1, 0.15) is 12.1 Å². The highest BCUT2D eigenvalue weighted by molar-refractivity contribution is 6.30. The molecule has 1 aromatic heterocycles. The number of ether oxygens (including phenoxy) is 1. The lowest BCUT2D eigenvalue weighted by Gasteiger charge is -2.36. The van der Waals surface area contributed by atoms with E-state index in [0.29, 0.717) is 23.7 Å². The van der Waals surface area contributed by atoms with Crippen molar-refractivity contribution >= 4 is 35.1 Å². The number of rotatable bonds is 14. The number of pyridine rings is 1. The fraction of sp³-hybridized carbons (Fsp3) is 0.735. The van der Waals surface area contributed by atoms with Gasteiger partial charge >= 0.3 is 0 Å². The zero-order valence-corrected chi connectivity index (χ0v) is 28.4. The van der Waals surface area contributed by atoms with Crippen LogP contribution in [0.4, 0.5) is 0 Å². The molecule has 2 heterocycles. The number of ketones is 1. The number of nitrogens with zero attached hydrogens (tertiary/aromatic N) is 2. The average molecular weight is 662 g/mol. The minimum Gasteiger partial charge on any atom is -0.472 e. The predicted molar refractivity (Wildman–Crippen MR) is 175 cm³/mol. The SMILES string of the molecule is CCC[C@H](NC(=O)[C@@H]1C[C@@H](Oc2ccc(Cl)cn2)CN1C(=O)[C@@H](CC(=O)[C@@H](N)C1CCCCC1)C(C)(C)C)C(O)C(=O)NC1CC1. The monoisotopic (exact) mass is 661 g/mol. The molecule has 5 N–H and O–H groups in total. The van der Waals surface area contributed by atoms with Crippen molar-refractivity contribution in [3.8, 4) is 5.88 Å². The van der Waals surface area contributed by atoms with Crippen LogP contribution in [-0.2, 0) is 19.2 Å². The summed E-state index contributed by atoms with van der Waals surface area (Å²) in [5.74, 6) is -1.77. The largest absolute Gasteiger partial charge is 0.472 e.